The van der Waals surface area contributed by atoms with Crippen molar-refractivity contribution in [3.05, 3.63) is 33.8 Å². The number of amides is 1. The minimum Gasteiger partial charge on any atom is -0.392 e. The largest absolute Gasteiger partial charge is 0.392 e. The number of carbonyl (C=O) groups is 1. The summed E-state index contributed by atoms with van der Waals surface area (Å²) >= 11 is 3.43. The summed E-state index contributed by atoms with van der Waals surface area (Å²) in [5.74, 6) is 4.76. The smallest absolute Gasteiger partial charge is 0.265 e. The van der Waals surface area contributed by atoms with E-state index >= 15 is 0 Å². The van der Waals surface area contributed by atoms with Gasteiger partial charge in [0.25, 0.3) is 5.91 Å². The van der Waals surface area contributed by atoms with Gasteiger partial charge in [0.15, 0.2) is 0 Å². The van der Waals surface area contributed by atoms with E-state index in [2.05, 4.69) is 21.4 Å². The molecule has 5 nitrogen and oxygen atoms in total. The number of nitrogens with one attached hydrogen (secondary N) is 1. The van der Waals surface area contributed by atoms with Crippen LogP contribution >= 0.6 is 15.9 Å². The van der Waals surface area contributed by atoms with E-state index < -0.39 is 0 Å². The molecule has 1 aromatic carbocycles. The summed E-state index contributed by atoms with van der Waals surface area (Å²) < 4.78 is 0.848. The van der Waals surface area contributed by atoms with Gasteiger partial charge in [-0.2, -0.15) is 0 Å². The Kier molecular flexibility index (Phi) is 5.74. The molecule has 1 amide bonds. The van der Waals surface area contributed by atoms with Crippen molar-refractivity contribution in [1.82, 2.24) is 10.3 Å². The number of hydrazine groups is 1. The lowest BCUT2D eigenvalue weighted by molar-refractivity contribution is 0.0953. The van der Waals surface area contributed by atoms with Crippen LogP contribution in [0.25, 0.3) is 0 Å². The van der Waals surface area contributed by atoms with Gasteiger partial charge in [-0.05, 0) is 31.7 Å². The Balaban J connectivity index is 2.76. The predicted octanol–water partition coefficient (Wildman–Crippen LogP) is 0.865. The summed E-state index contributed by atoms with van der Waals surface area (Å²) in [7, 11) is 1.93. The van der Waals surface area contributed by atoms with Gasteiger partial charge in [0.2, 0.25) is 0 Å². The number of nitrogens with zero attached hydrogens (tertiary/aromatic N) is 1. The second-order valence-corrected chi connectivity index (χ2v) is 5.18. The molecule has 100 valence electrons. The number of likely N-dealkylation sites (N-methyl/N-ethyl adjacent to an activating group) is 1. The molecule has 0 aliphatic rings. The molecule has 1 unspecified atom stereocenters. The summed E-state index contributed by atoms with van der Waals surface area (Å²) in [5, 5.41) is 9.30. The highest BCUT2D eigenvalue weighted by Gasteiger charge is 2.09. The van der Waals surface area contributed by atoms with E-state index in [-0.39, 0.29) is 12.0 Å². The molecule has 0 radical (unpaired) electrons. The van der Waals surface area contributed by atoms with Crippen LogP contribution in [-0.2, 0) is 6.54 Å². The maximum absolute atomic E-state index is 11.3. The average Bonchev–Trinajstić information content (AvgIpc) is 2.29. The molecule has 1 atom stereocenters. The van der Waals surface area contributed by atoms with Crippen molar-refractivity contribution >= 4 is 21.8 Å². The number of nitrogens with two attached hydrogens (primary N) is 1. The Morgan fingerprint density at radius 2 is 2.28 bits per heavy atom. The number of rotatable bonds is 5. The van der Waals surface area contributed by atoms with Crippen molar-refractivity contribution in [1.29, 1.82) is 0 Å². The molecule has 0 bridgehead atoms. The average molecular weight is 316 g/mol. The highest BCUT2D eigenvalue weighted by molar-refractivity contribution is 9.10. The zero-order valence-electron chi connectivity index (χ0n) is 10.5. The third-order valence-corrected chi connectivity index (χ3v) is 3.20. The number of carbonyl (C=O) groups excluding carboxylic acids is 1. The summed E-state index contributed by atoms with van der Waals surface area (Å²) in [6.07, 6.45) is -0.365. The second-order valence-electron chi connectivity index (χ2n) is 4.33. The van der Waals surface area contributed by atoms with E-state index in [1.807, 2.05) is 18.0 Å². The van der Waals surface area contributed by atoms with E-state index in [9.17, 15) is 9.90 Å². The van der Waals surface area contributed by atoms with Crippen LogP contribution in [0.1, 0.15) is 22.8 Å². The van der Waals surface area contributed by atoms with Crippen molar-refractivity contribution in [3.8, 4) is 0 Å². The molecule has 0 spiro atoms. The molecule has 0 aromatic heterocycles. The Labute approximate surface area is 115 Å². The number of hydrogen-bond acceptors (Lipinski definition) is 4. The quantitative estimate of drug-likeness (QED) is 0.428. The van der Waals surface area contributed by atoms with Gasteiger partial charge in [0.1, 0.15) is 0 Å². The highest BCUT2D eigenvalue weighted by atomic mass is 79.9. The molecule has 6 heteroatoms. The first-order valence-electron chi connectivity index (χ1n) is 5.60. The molecule has 0 aliphatic heterocycles. The predicted molar refractivity (Wildman–Crippen MR) is 73.8 cm³/mol. The fourth-order valence-electron chi connectivity index (χ4n) is 1.71. The Bertz CT molecular complexity index is 424. The van der Waals surface area contributed by atoms with Gasteiger partial charge in [-0.3, -0.25) is 15.1 Å². The first kappa shape index (κ1) is 15.1. The lowest BCUT2D eigenvalue weighted by Gasteiger charge is -2.19. The van der Waals surface area contributed by atoms with Crippen molar-refractivity contribution in [3.63, 3.8) is 0 Å². The molecule has 0 saturated heterocycles. The Hall–Kier alpha value is -0.950. The number of halogens is 1. The van der Waals surface area contributed by atoms with E-state index in [1.165, 1.54) is 0 Å². The fourth-order valence-corrected chi connectivity index (χ4v) is 2.21. The monoisotopic (exact) mass is 315 g/mol. The normalized spacial score (nSPS) is 12.6. The standard InChI is InChI=1S/C12H18BrN3O2/c1-8(17)6-16(2)7-10-4-3-9(5-11(10)13)12(18)15-14/h3-5,8,17H,6-7,14H2,1-2H3,(H,15,18). The van der Waals surface area contributed by atoms with Crippen LogP contribution in [-0.4, -0.2) is 35.6 Å². The number of benzene rings is 1. The van der Waals surface area contributed by atoms with Crippen LogP contribution < -0.4 is 11.3 Å². The van der Waals surface area contributed by atoms with Gasteiger partial charge in [-0.15, -0.1) is 0 Å². The topological polar surface area (TPSA) is 78.6 Å². The molecule has 4 N–H and O–H groups in total. The fraction of sp³-hybridized carbons (Fsp3) is 0.417. The molecular weight excluding hydrogens is 298 g/mol. The van der Waals surface area contributed by atoms with Crippen molar-refractivity contribution in [2.45, 2.75) is 19.6 Å². The third kappa shape index (κ3) is 4.38. The van der Waals surface area contributed by atoms with Crippen molar-refractivity contribution in [2.24, 2.45) is 5.84 Å². The maximum Gasteiger partial charge on any atom is 0.265 e. The van der Waals surface area contributed by atoms with E-state index in [4.69, 9.17) is 5.84 Å². The zero-order valence-corrected chi connectivity index (χ0v) is 12.1. The number of aliphatic hydroxyl groups is 1. The van der Waals surface area contributed by atoms with E-state index in [0.717, 1.165) is 10.0 Å². The SMILES string of the molecule is CC(O)CN(C)Cc1ccc(C(=O)NN)cc1Br. The molecule has 0 fully saturated rings. The highest BCUT2D eigenvalue weighted by Crippen LogP contribution is 2.20. The Morgan fingerprint density at radius 3 is 2.78 bits per heavy atom. The van der Waals surface area contributed by atoms with Gasteiger partial charge in [-0.1, -0.05) is 22.0 Å². The van der Waals surface area contributed by atoms with Crippen LogP contribution in [0.4, 0.5) is 0 Å². The summed E-state index contributed by atoms with van der Waals surface area (Å²) in [6.45, 7) is 3.04. The molecule has 0 heterocycles. The minimum absolute atomic E-state index is 0.320. The van der Waals surface area contributed by atoms with Crippen LogP contribution in [0.3, 0.4) is 0 Å². The number of nitrogen functional groups attached to an aromatic ring is 1. The zero-order chi connectivity index (χ0) is 13.7. The van der Waals surface area contributed by atoms with Gasteiger partial charge >= 0.3 is 0 Å². The number of aliphatic hydroxyl groups excluding tert-OH is 1. The van der Waals surface area contributed by atoms with Gasteiger partial charge in [0.05, 0.1) is 6.10 Å². The third-order valence-electron chi connectivity index (χ3n) is 2.46. The lowest BCUT2D eigenvalue weighted by atomic mass is 10.1. The molecular formula is C12H18BrN3O2. The van der Waals surface area contributed by atoms with Crippen LogP contribution in [0, 0.1) is 0 Å². The van der Waals surface area contributed by atoms with Crippen LogP contribution in [0.15, 0.2) is 22.7 Å². The Morgan fingerprint density at radius 1 is 1.61 bits per heavy atom. The maximum atomic E-state index is 11.3. The molecule has 1 aromatic rings. The van der Waals surface area contributed by atoms with E-state index in [1.54, 1.807) is 19.1 Å². The lowest BCUT2D eigenvalue weighted by Crippen LogP contribution is -2.30. The summed E-state index contributed by atoms with van der Waals surface area (Å²) in [5.41, 5.74) is 3.65. The van der Waals surface area contributed by atoms with Gasteiger partial charge < -0.3 is 5.11 Å². The van der Waals surface area contributed by atoms with Crippen LogP contribution in [0.5, 0.6) is 0 Å². The first-order chi connectivity index (χ1) is 8.43. The van der Waals surface area contributed by atoms with Gasteiger partial charge in [-0.25, -0.2) is 5.84 Å². The first-order valence-corrected chi connectivity index (χ1v) is 6.39. The molecule has 0 aliphatic carbocycles. The summed E-state index contributed by atoms with van der Waals surface area (Å²) in [4.78, 5) is 13.4. The number of hydrogen-bond donors (Lipinski definition) is 3. The molecule has 0 saturated carbocycles. The second kappa shape index (κ2) is 6.84. The molecule has 1 rings (SSSR count). The molecule has 18 heavy (non-hydrogen) atoms. The van der Waals surface area contributed by atoms with Crippen molar-refractivity contribution < 1.29 is 9.90 Å². The van der Waals surface area contributed by atoms with Gasteiger partial charge in [0, 0.05) is 23.1 Å². The van der Waals surface area contributed by atoms with Crippen LogP contribution in [0.2, 0.25) is 0 Å². The summed E-state index contributed by atoms with van der Waals surface area (Å²) in [6, 6.07) is 5.32. The van der Waals surface area contributed by atoms with Crippen molar-refractivity contribution in [2.75, 3.05) is 13.6 Å². The van der Waals surface area contributed by atoms with E-state index in [0.29, 0.717) is 18.7 Å². The minimum atomic E-state index is -0.365.